The predicted octanol–water partition coefficient (Wildman–Crippen LogP) is 6.02. The summed E-state index contributed by atoms with van der Waals surface area (Å²) in [6.45, 7) is 6.42. The highest BCUT2D eigenvalue weighted by atomic mass is 19.4. The maximum Gasteiger partial charge on any atom is 0.416 e. The number of halogens is 3. The lowest BCUT2D eigenvalue weighted by Gasteiger charge is -2.41. The minimum absolute atomic E-state index is 0.0302. The molecule has 0 aromatic heterocycles. The van der Waals surface area contributed by atoms with E-state index in [4.69, 9.17) is 0 Å². The number of hydrogen-bond acceptors (Lipinski definition) is 4. The fourth-order valence-corrected chi connectivity index (χ4v) is 8.43. The molecule has 3 fully saturated rings. The molecule has 2 aromatic carbocycles. The van der Waals surface area contributed by atoms with Crippen LogP contribution in [0.3, 0.4) is 0 Å². The topological polar surface area (TPSA) is 88.2 Å². The average molecular weight is 697 g/mol. The van der Waals surface area contributed by atoms with E-state index < -0.39 is 23.8 Å². The summed E-state index contributed by atoms with van der Waals surface area (Å²) >= 11 is 0. The summed E-state index contributed by atoms with van der Waals surface area (Å²) in [4.78, 5) is 48.6. The number of fused-ring (bicyclic) bond motifs is 1. The van der Waals surface area contributed by atoms with E-state index in [0.717, 1.165) is 62.5 Å². The van der Waals surface area contributed by atoms with Crippen molar-refractivity contribution in [1.82, 2.24) is 24.9 Å². The van der Waals surface area contributed by atoms with Crippen LogP contribution in [0.2, 0.25) is 0 Å². The molecule has 6 rings (SSSR count). The van der Waals surface area contributed by atoms with Gasteiger partial charge in [0, 0.05) is 50.9 Å². The van der Waals surface area contributed by atoms with E-state index in [1.807, 2.05) is 29.2 Å². The van der Waals surface area contributed by atoms with Gasteiger partial charge in [0.15, 0.2) is 0 Å². The van der Waals surface area contributed by atoms with Crippen molar-refractivity contribution in [1.29, 1.82) is 0 Å². The van der Waals surface area contributed by atoms with Gasteiger partial charge < -0.3 is 30.2 Å². The SMILES string of the molecule is CCc1ccc(C[C@@H](NC(=O)N2CCC(N3CCc4ccccc4NC3=O)CC2)C(=O)N2CCC(C3CCN(C)CC3)CC2)cc1C(F)(F)F. The molecule has 12 heteroatoms. The van der Waals surface area contributed by atoms with E-state index in [1.54, 1.807) is 22.8 Å². The van der Waals surface area contributed by atoms with Crippen molar-refractivity contribution in [2.24, 2.45) is 11.8 Å². The van der Waals surface area contributed by atoms with Gasteiger partial charge in [-0.25, -0.2) is 9.59 Å². The first kappa shape index (κ1) is 36.0. The fraction of sp³-hybridized carbons (Fsp3) is 0.605. The molecule has 4 aliphatic heterocycles. The number of nitrogens with one attached hydrogen (secondary N) is 2. The number of aryl methyl sites for hydroxylation is 1. The first-order chi connectivity index (χ1) is 24.0. The molecule has 9 nitrogen and oxygen atoms in total. The van der Waals surface area contributed by atoms with Gasteiger partial charge >= 0.3 is 18.2 Å². The van der Waals surface area contributed by atoms with Crippen LogP contribution < -0.4 is 10.6 Å². The second-order valence-corrected chi connectivity index (χ2v) is 14.6. The Balaban J connectivity index is 1.11. The fourth-order valence-electron chi connectivity index (χ4n) is 8.43. The number of alkyl halides is 3. The molecule has 2 N–H and O–H groups in total. The van der Waals surface area contributed by atoms with Gasteiger partial charge in [-0.2, -0.15) is 13.2 Å². The third-order valence-electron chi connectivity index (χ3n) is 11.5. The molecule has 0 radical (unpaired) electrons. The summed E-state index contributed by atoms with van der Waals surface area (Å²) in [7, 11) is 2.15. The van der Waals surface area contributed by atoms with E-state index >= 15 is 0 Å². The molecule has 4 aliphatic rings. The molecule has 0 aliphatic carbocycles. The van der Waals surface area contributed by atoms with Crippen LogP contribution in [0.4, 0.5) is 28.4 Å². The Hall–Kier alpha value is -3.80. The zero-order valence-electron chi connectivity index (χ0n) is 29.3. The lowest BCUT2D eigenvalue weighted by molar-refractivity contribution is -0.138. The molecule has 3 saturated heterocycles. The van der Waals surface area contributed by atoms with Crippen molar-refractivity contribution < 1.29 is 27.6 Å². The second kappa shape index (κ2) is 15.6. The summed E-state index contributed by atoms with van der Waals surface area (Å²) in [5, 5.41) is 5.96. The maximum atomic E-state index is 14.1. The van der Waals surface area contributed by atoms with Gasteiger partial charge in [-0.15, -0.1) is 0 Å². The van der Waals surface area contributed by atoms with Gasteiger partial charge in [0.05, 0.1) is 5.56 Å². The number of carbonyl (C=O) groups excluding carboxylic acids is 3. The van der Waals surface area contributed by atoms with E-state index in [-0.39, 0.29) is 36.4 Å². The average Bonchev–Trinajstić information content (AvgIpc) is 3.29. The standard InChI is InChI=1S/C38H51F3N6O3/c1-3-27-9-8-26(24-32(27)38(39,40)41)25-34(35(48)45-19-12-29(13-20-45)28-10-17-44(2)18-11-28)43-36(49)46-21-15-31(16-22-46)47-23-14-30-6-4-5-7-33(30)42-37(47)50/h4-9,24,28-29,31,34H,3,10-23,25H2,1-2H3,(H,42,50)(H,43,49)/t34-/m1/s1. The van der Waals surface area contributed by atoms with Gasteiger partial charge in [0.2, 0.25) is 5.91 Å². The van der Waals surface area contributed by atoms with Gasteiger partial charge in [0.25, 0.3) is 0 Å². The van der Waals surface area contributed by atoms with Crippen LogP contribution in [-0.4, -0.2) is 103 Å². The first-order valence-corrected chi connectivity index (χ1v) is 18.4. The highest BCUT2D eigenvalue weighted by molar-refractivity contribution is 5.91. The zero-order valence-corrected chi connectivity index (χ0v) is 29.3. The number of piperidine rings is 3. The van der Waals surface area contributed by atoms with Crippen molar-refractivity contribution in [2.45, 2.75) is 83.0 Å². The number of benzene rings is 2. The molecular weight excluding hydrogens is 645 g/mol. The number of carbonyl (C=O) groups is 3. The summed E-state index contributed by atoms with van der Waals surface area (Å²) in [5.74, 6) is 0.956. The quantitative estimate of drug-likeness (QED) is 0.371. The number of urea groups is 2. The number of likely N-dealkylation sites (tertiary alicyclic amines) is 3. The second-order valence-electron chi connectivity index (χ2n) is 14.6. The van der Waals surface area contributed by atoms with Crippen molar-refractivity contribution in [3.63, 3.8) is 0 Å². The maximum absolute atomic E-state index is 14.1. The summed E-state index contributed by atoms with van der Waals surface area (Å²) < 4.78 is 41.9. The minimum Gasteiger partial charge on any atom is -0.341 e. The first-order valence-electron chi connectivity index (χ1n) is 18.4. The van der Waals surface area contributed by atoms with E-state index in [1.165, 1.54) is 6.07 Å². The van der Waals surface area contributed by atoms with E-state index in [0.29, 0.717) is 63.0 Å². The lowest BCUT2D eigenvalue weighted by Crippen LogP contribution is -2.57. The normalized spacial score (nSPS) is 21.0. The number of amides is 5. The van der Waals surface area contributed by atoms with Crippen LogP contribution in [0, 0.1) is 11.8 Å². The van der Waals surface area contributed by atoms with Crippen LogP contribution >= 0.6 is 0 Å². The minimum atomic E-state index is -4.52. The number of hydrogen-bond donors (Lipinski definition) is 2. The molecule has 50 heavy (non-hydrogen) atoms. The smallest absolute Gasteiger partial charge is 0.341 e. The Morgan fingerprint density at radius 1 is 0.880 bits per heavy atom. The molecule has 1 atom stereocenters. The predicted molar refractivity (Wildman–Crippen MR) is 187 cm³/mol. The van der Waals surface area contributed by atoms with Crippen LogP contribution in [0.15, 0.2) is 42.5 Å². The Morgan fingerprint density at radius 2 is 1.52 bits per heavy atom. The van der Waals surface area contributed by atoms with Gasteiger partial charge in [-0.05, 0) is 112 Å². The largest absolute Gasteiger partial charge is 0.416 e. The molecule has 5 amide bonds. The van der Waals surface area contributed by atoms with Crippen molar-refractivity contribution >= 4 is 23.7 Å². The van der Waals surface area contributed by atoms with Crippen molar-refractivity contribution in [3.05, 3.63) is 64.7 Å². The third kappa shape index (κ3) is 8.38. The van der Waals surface area contributed by atoms with Gasteiger partial charge in [-0.3, -0.25) is 4.79 Å². The molecule has 4 heterocycles. The highest BCUT2D eigenvalue weighted by Crippen LogP contribution is 2.35. The Bertz CT molecular complexity index is 1510. The van der Waals surface area contributed by atoms with Crippen LogP contribution in [0.5, 0.6) is 0 Å². The Morgan fingerprint density at radius 3 is 2.18 bits per heavy atom. The molecule has 272 valence electrons. The number of para-hydroxylation sites is 1. The van der Waals surface area contributed by atoms with Gasteiger partial charge in [0.1, 0.15) is 6.04 Å². The van der Waals surface area contributed by atoms with Crippen molar-refractivity contribution in [2.75, 3.05) is 58.2 Å². The van der Waals surface area contributed by atoms with Crippen molar-refractivity contribution in [3.8, 4) is 0 Å². The summed E-state index contributed by atoms with van der Waals surface area (Å²) in [6.07, 6.45) is 1.73. The van der Waals surface area contributed by atoms with E-state index in [2.05, 4.69) is 22.6 Å². The van der Waals surface area contributed by atoms with E-state index in [9.17, 15) is 27.6 Å². The summed E-state index contributed by atoms with van der Waals surface area (Å²) in [5.41, 5.74) is 1.78. The summed E-state index contributed by atoms with van der Waals surface area (Å²) in [6, 6.07) is 10.5. The number of nitrogens with zero attached hydrogens (tertiary/aromatic N) is 4. The lowest BCUT2D eigenvalue weighted by atomic mass is 9.79. The van der Waals surface area contributed by atoms with Crippen LogP contribution in [-0.2, 0) is 30.2 Å². The molecule has 0 saturated carbocycles. The Kier molecular flexibility index (Phi) is 11.2. The van der Waals surface area contributed by atoms with Crippen LogP contribution in [0.1, 0.15) is 67.7 Å². The number of rotatable bonds is 7. The number of anilines is 1. The molecular formula is C38H51F3N6O3. The molecule has 0 unspecified atom stereocenters. The Labute approximate surface area is 293 Å². The molecule has 2 aromatic rings. The molecule has 0 spiro atoms. The van der Waals surface area contributed by atoms with Gasteiger partial charge in [-0.1, -0.05) is 37.3 Å². The molecule has 0 bridgehead atoms. The zero-order chi connectivity index (χ0) is 35.4. The highest BCUT2D eigenvalue weighted by Gasteiger charge is 2.37. The third-order valence-corrected chi connectivity index (χ3v) is 11.5. The van der Waals surface area contributed by atoms with Crippen LogP contribution in [0.25, 0.3) is 0 Å². The monoisotopic (exact) mass is 696 g/mol.